The maximum Gasteiger partial charge on any atom is 0.248 e. The molecule has 0 saturated carbocycles. The number of hydrogen-bond donors (Lipinski definition) is 2. The van der Waals surface area contributed by atoms with Crippen LogP contribution in [0, 0.1) is 6.92 Å². The molecule has 0 aliphatic heterocycles. The number of benzene rings is 1. The van der Waals surface area contributed by atoms with Crippen LogP contribution in [0.5, 0.6) is 0 Å². The van der Waals surface area contributed by atoms with Gasteiger partial charge in [0, 0.05) is 16.4 Å². The standard InChI is InChI=1S/C14H20BrNO2/c1-9-5-6-11(15)7-12(9)14(3,4)8-16-13(18)10(2)17/h5-7,10,17H,8H2,1-4H3,(H,16,18). The van der Waals surface area contributed by atoms with Crippen molar-refractivity contribution in [2.75, 3.05) is 6.54 Å². The van der Waals surface area contributed by atoms with Gasteiger partial charge in [-0.25, -0.2) is 0 Å². The summed E-state index contributed by atoms with van der Waals surface area (Å²) in [6.45, 7) is 8.16. The van der Waals surface area contributed by atoms with Gasteiger partial charge in [0.15, 0.2) is 0 Å². The third-order valence-corrected chi connectivity index (χ3v) is 3.51. The van der Waals surface area contributed by atoms with Gasteiger partial charge in [-0.05, 0) is 37.1 Å². The Balaban J connectivity index is 2.85. The van der Waals surface area contributed by atoms with Gasteiger partial charge in [-0.15, -0.1) is 0 Å². The van der Waals surface area contributed by atoms with Crippen molar-refractivity contribution in [3.63, 3.8) is 0 Å². The Morgan fingerprint density at radius 2 is 2.11 bits per heavy atom. The molecule has 1 unspecified atom stereocenters. The molecule has 1 aromatic rings. The van der Waals surface area contributed by atoms with Crippen molar-refractivity contribution in [1.82, 2.24) is 5.32 Å². The number of amides is 1. The Morgan fingerprint density at radius 3 is 2.67 bits per heavy atom. The number of aryl methyl sites for hydroxylation is 1. The Labute approximate surface area is 117 Å². The lowest BCUT2D eigenvalue weighted by Gasteiger charge is -2.28. The van der Waals surface area contributed by atoms with Gasteiger partial charge in [-0.3, -0.25) is 4.79 Å². The second kappa shape index (κ2) is 5.85. The van der Waals surface area contributed by atoms with Gasteiger partial charge >= 0.3 is 0 Å². The lowest BCUT2D eigenvalue weighted by molar-refractivity contribution is -0.128. The minimum absolute atomic E-state index is 0.182. The number of carbonyl (C=O) groups is 1. The van der Waals surface area contributed by atoms with E-state index in [0.717, 1.165) is 4.47 Å². The number of hydrogen-bond acceptors (Lipinski definition) is 2. The predicted molar refractivity (Wildman–Crippen MR) is 76.6 cm³/mol. The summed E-state index contributed by atoms with van der Waals surface area (Å²) >= 11 is 3.46. The van der Waals surface area contributed by atoms with E-state index in [9.17, 15) is 4.79 Å². The molecule has 1 rings (SSSR count). The summed E-state index contributed by atoms with van der Waals surface area (Å²) in [4.78, 5) is 11.4. The molecule has 2 N–H and O–H groups in total. The van der Waals surface area contributed by atoms with Crippen LogP contribution in [-0.4, -0.2) is 23.7 Å². The minimum Gasteiger partial charge on any atom is -0.384 e. The average Bonchev–Trinajstić information content (AvgIpc) is 2.29. The maximum atomic E-state index is 11.4. The van der Waals surface area contributed by atoms with E-state index in [4.69, 9.17) is 5.11 Å². The summed E-state index contributed by atoms with van der Waals surface area (Å²) < 4.78 is 1.03. The Bertz CT molecular complexity index is 441. The number of aliphatic hydroxyl groups excluding tert-OH is 1. The van der Waals surface area contributed by atoms with E-state index in [1.807, 2.05) is 6.07 Å². The third-order valence-electron chi connectivity index (χ3n) is 3.01. The fourth-order valence-electron chi connectivity index (χ4n) is 1.87. The van der Waals surface area contributed by atoms with Crippen molar-refractivity contribution in [3.05, 3.63) is 33.8 Å². The molecule has 4 heteroatoms. The van der Waals surface area contributed by atoms with Crippen LogP contribution in [-0.2, 0) is 10.2 Å². The summed E-state index contributed by atoms with van der Waals surface area (Å²) in [5.41, 5.74) is 2.19. The van der Waals surface area contributed by atoms with Gasteiger partial charge in [0.25, 0.3) is 0 Å². The van der Waals surface area contributed by atoms with Gasteiger partial charge in [-0.1, -0.05) is 35.8 Å². The van der Waals surface area contributed by atoms with Gasteiger partial charge in [0.05, 0.1) is 0 Å². The lowest BCUT2D eigenvalue weighted by atomic mass is 9.82. The van der Waals surface area contributed by atoms with Crippen LogP contribution < -0.4 is 5.32 Å². The Hall–Kier alpha value is -0.870. The smallest absolute Gasteiger partial charge is 0.248 e. The predicted octanol–water partition coefficient (Wildman–Crippen LogP) is 2.53. The minimum atomic E-state index is -0.968. The van der Waals surface area contributed by atoms with E-state index in [2.05, 4.69) is 54.2 Å². The van der Waals surface area contributed by atoms with E-state index in [1.54, 1.807) is 0 Å². The van der Waals surface area contributed by atoms with E-state index in [-0.39, 0.29) is 11.3 Å². The molecule has 3 nitrogen and oxygen atoms in total. The molecule has 0 aromatic heterocycles. The zero-order valence-electron chi connectivity index (χ0n) is 11.2. The summed E-state index contributed by atoms with van der Waals surface area (Å²) in [6, 6.07) is 6.13. The normalized spacial score (nSPS) is 13.2. The second-order valence-corrected chi connectivity index (χ2v) is 6.15. The first kappa shape index (κ1) is 15.2. The Morgan fingerprint density at radius 1 is 1.50 bits per heavy atom. The highest BCUT2D eigenvalue weighted by Crippen LogP contribution is 2.28. The van der Waals surface area contributed by atoms with Crippen molar-refractivity contribution in [3.8, 4) is 0 Å². The van der Waals surface area contributed by atoms with Crippen molar-refractivity contribution in [1.29, 1.82) is 0 Å². The molecule has 0 fully saturated rings. The molecule has 1 amide bonds. The first-order chi connectivity index (χ1) is 8.24. The maximum absolute atomic E-state index is 11.4. The number of carbonyl (C=O) groups excluding carboxylic acids is 1. The van der Waals surface area contributed by atoms with Crippen LogP contribution in [0.15, 0.2) is 22.7 Å². The second-order valence-electron chi connectivity index (χ2n) is 5.24. The fourth-order valence-corrected chi connectivity index (χ4v) is 2.24. The molecule has 0 radical (unpaired) electrons. The number of aliphatic hydroxyl groups is 1. The number of halogens is 1. The topological polar surface area (TPSA) is 49.3 Å². The van der Waals surface area contributed by atoms with E-state index < -0.39 is 6.10 Å². The quantitative estimate of drug-likeness (QED) is 0.897. The molecule has 0 aliphatic carbocycles. The van der Waals surface area contributed by atoms with Crippen molar-refractivity contribution in [2.24, 2.45) is 0 Å². The van der Waals surface area contributed by atoms with Crippen molar-refractivity contribution >= 4 is 21.8 Å². The molecule has 1 aromatic carbocycles. The highest BCUT2D eigenvalue weighted by atomic mass is 79.9. The van der Waals surface area contributed by atoms with E-state index in [0.29, 0.717) is 6.54 Å². The summed E-state index contributed by atoms with van der Waals surface area (Å²) in [5.74, 6) is -0.337. The van der Waals surface area contributed by atoms with Crippen LogP contribution >= 0.6 is 15.9 Å². The van der Waals surface area contributed by atoms with Gasteiger partial charge in [-0.2, -0.15) is 0 Å². The van der Waals surface area contributed by atoms with Crippen LogP contribution in [0.2, 0.25) is 0 Å². The van der Waals surface area contributed by atoms with Gasteiger partial charge in [0.1, 0.15) is 6.10 Å². The van der Waals surface area contributed by atoms with Crippen molar-refractivity contribution in [2.45, 2.75) is 39.2 Å². The number of rotatable bonds is 4. The fraction of sp³-hybridized carbons (Fsp3) is 0.500. The van der Waals surface area contributed by atoms with Crippen LogP contribution in [0.25, 0.3) is 0 Å². The molecule has 0 aliphatic rings. The molecule has 100 valence electrons. The zero-order valence-corrected chi connectivity index (χ0v) is 12.8. The average molecular weight is 314 g/mol. The zero-order chi connectivity index (χ0) is 13.9. The molecule has 18 heavy (non-hydrogen) atoms. The molecule has 0 saturated heterocycles. The summed E-state index contributed by atoms with van der Waals surface area (Å²) in [7, 11) is 0. The van der Waals surface area contributed by atoms with Gasteiger partial charge < -0.3 is 10.4 Å². The summed E-state index contributed by atoms with van der Waals surface area (Å²) in [6.07, 6.45) is -0.968. The molecule has 0 bridgehead atoms. The molecule has 1 atom stereocenters. The molecular formula is C14H20BrNO2. The monoisotopic (exact) mass is 313 g/mol. The Kier molecular flexibility index (Phi) is 4.93. The molecule has 0 heterocycles. The largest absolute Gasteiger partial charge is 0.384 e. The SMILES string of the molecule is Cc1ccc(Br)cc1C(C)(C)CNC(=O)C(C)O. The first-order valence-electron chi connectivity index (χ1n) is 5.96. The molecular weight excluding hydrogens is 294 g/mol. The number of nitrogens with one attached hydrogen (secondary N) is 1. The first-order valence-corrected chi connectivity index (χ1v) is 6.76. The van der Waals surface area contributed by atoms with E-state index in [1.165, 1.54) is 18.1 Å². The summed E-state index contributed by atoms with van der Waals surface area (Å²) in [5, 5.41) is 11.9. The highest BCUT2D eigenvalue weighted by Gasteiger charge is 2.24. The van der Waals surface area contributed by atoms with Crippen molar-refractivity contribution < 1.29 is 9.90 Å². The highest BCUT2D eigenvalue weighted by molar-refractivity contribution is 9.10. The van der Waals surface area contributed by atoms with Gasteiger partial charge in [0.2, 0.25) is 5.91 Å². The van der Waals surface area contributed by atoms with E-state index >= 15 is 0 Å². The molecule has 0 spiro atoms. The van der Waals surface area contributed by atoms with Crippen LogP contribution in [0.3, 0.4) is 0 Å². The van der Waals surface area contributed by atoms with Crippen LogP contribution in [0.4, 0.5) is 0 Å². The third kappa shape index (κ3) is 3.82. The lowest BCUT2D eigenvalue weighted by Crippen LogP contribution is -2.41. The van der Waals surface area contributed by atoms with Crippen LogP contribution in [0.1, 0.15) is 31.9 Å².